The number of rotatable bonds is 3. The van der Waals surface area contributed by atoms with Gasteiger partial charge in [0.15, 0.2) is 0 Å². The first-order chi connectivity index (χ1) is 9.87. The van der Waals surface area contributed by atoms with Crippen LogP contribution < -0.4 is 10.1 Å². The molecule has 0 fully saturated rings. The Morgan fingerprint density at radius 2 is 1.76 bits per heavy atom. The maximum atomic E-state index is 12.0. The molecule has 0 unspecified atom stereocenters. The molecule has 7 heteroatoms. The molecule has 0 aliphatic rings. The molecule has 2 rings (SSSR count). The van der Waals surface area contributed by atoms with E-state index >= 15 is 0 Å². The number of hydrogen-bond donors (Lipinski definition) is 1. The third-order valence-corrected chi connectivity index (χ3v) is 2.96. The molecule has 0 atom stereocenters. The Hall–Kier alpha value is -2.20. The summed E-state index contributed by atoms with van der Waals surface area (Å²) in [6.07, 6.45) is -4.71. The summed E-state index contributed by atoms with van der Waals surface area (Å²) in [5.41, 5.74) is 1.52. The summed E-state index contributed by atoms with van der Waals surface area (Å²) < 4.78 is 40.7. The van der Waals surface area contributed by atoms with Crippen LogP contribution in [0.4, 0.5) is 24.5 Å². The Morgan fingerprint density at radius 3 is 2.33 bits per heavy atom. The van der Waals surface area contributed by atoms with E-state index in [2.05, 4.69) is 26.0 Å². The fourth-order valence-corrected chi connectivity index (χ4v) is 1.97. The highest BCUT2D eigenvalue weighted by Gasteiger charge is 2.30. The van der Waals surface area contributed by atoms with E-state index in [1.165, 1.54) is 24.3 Å². The fourth-order valence-electron chi connectivity index (χ4n) is 1.61. The molecule has 2 aromatic rings. The highest BCUT2D eigenvalue weighted by molar-refractivity contribution is 9.10. The van der Waals surface area contributed by atoms with Crippen LogP contribution in [0.1, 0.15) is 5.56 Å². The average molecular weight is 357 g/mol. The van der Waals surface area contributed by atoms with E-state index in [9.17, 15) is 13.2 Å². The van der Waals surface area contributed by atoms with E-state index in [-0.39, 0.29) is 5.75 Å². The summed E-state index contributed by atoms with van der Waals surface area (Å²) in [5.74, 6) is -0.302. The van der Waals surface area contributed by atoms with Crippen LogP contribution in [-0.2, 0) is 0 Å². The van der Waals surface area contributed by atoms with Crippen LogP contribution in [0.25, 0.3) is 0 Å². The quantitative estimate of drug-likeness (QED) is 0.844. The van der Waals surface area contributed by atoms with Crippen molar-refractivity contribution in [1.82, 2.24) is 0 Å². The van der Waals surface area contributed by atoms with Gasteiger partial charge in [-0.05, 0) is 42.5 Å². The van der Waals surface area contributed by atoms with Gasteiger partial charge in [0.05, 0.1) is 11.3 Å². The van der Waals surface area contributed by atoms with Crippen molar-refractivity contribution in [1.29, 1.82) is 5.26 Å². The number of benzene rings is 2. The van der Waals surface area contributed by atoms with Crippen molar-refractivity contribution < 1.29 is 17.9 Å². The van der Waals surface area contributed by atoms with Gasteiger partial charge in [-0.2, -0.15) is 5.26 Å². The molecule has 0 heterocycles. The first-order valence-corrected chi connectivity index (χ1v) is 6.49. The van der Waals surface area contributed by atoms with Crippen molar-refractivity contribution in [3.8, 4) is 11.8 Å². The number of hydrogen-bond acceptors (Lipinski definition) is 3. The van der Waals surface area contributed by atoms with Crippen LogP contribution in [0.2, 0.25) is 0 Å². The normalized spacial score (nSPS) is 10.8. The molecule has 0 amide bonds. The molecule has 2 aromatic carbocycles. The monoisotopic (exact) mass is 356 g/mol. The average Bonchev–Trinajstić information content (AvgIpc) is 2.41. The predicted molar refractivity (Wildman–Crippen MR) is 75.3 cm³/mol. The van der Waals surface area contributed by atoms with E-state index < -0.39 is 6.36 Å². The SMILES string of the molecule is N#Cc1cc(Br)ccc1Nc1ccc(OC(F)(F)F)cc1. The molecule has 108 valence electrons. The third kappa shape index (κ3) is 4.39. The Morgan fingerprint density at radius 1 is 1.10 bits per heavy atom. The largest absolute Gasteiger partial charge is 0.573 e. The van der Waals surface area contributed by atoms with Crippen LogP contribution in [0.15, 0.2) is 46.9 Å². The Labute approximate surface area is 127 Å². The zero-order chi connectivity index (χ0) is 15.5. The molecule has 1 N–H and O–H groups in total. The number of nitrogens with zero attached hydrogens (tertiary/aromatic N) is 1. The zero-order valence-corrected chi connectivity index (χ0v) is 12.0. The lowest BCUT2D eigenvalue weighted by atomic mass is 10.2. The predicted octanol–water partition coefficient (Wildman–Crippen LogP) is 4.96. The van der Waals surface area contributed by atoms with Gasteiger partial charge >= 0.3 is 6.36 Å². The molecule has 3 nitrogen and oxygen atoms in total. The first-order valence-electron chi connectivity index (χ1n) is 5.70. The highest BCUT2D eigenvalue weighted by Crippen LogP contribution is 2.27. The van der Waals surface area contributed by atoms with Crippen molar-refractivity contribution in [2.75, 3.05) is 5.32 Å². The maximum absolute atomic E-state index is 12.0. The molecule has 0 saturated carbocycles. The second-order valence-electron chi connectivity index (χ2n) is 4.00. The lowest BCUT2D eigenvalue weighted by Gasteiger charge is -2.11. The molecular weight excluding hydrogens is 349 g/mol. The van der Waals surface area contributed by atoms with E-state index in [0.717, 1.165) is 4.47 Å². The standard InChI is InChI=1S/C14H8BrF3N2O/c15-10-1-6-13(9(7-10)8-19)20-11-2-4-12(5-3-11)21-14(16,17)18/h1-7,20H. The van der Waals surface area contributed by atoms with E-state index in [0.29, 0.717) is 16.9 Å². The number of anilines is 2. The lowest BCUT2D eigenvalue weighted by molar-refractivity contribution is -0.274. The summed E-state index contributed by atoms with van der Waals surface area (Å²) in [5, 5.41) is 12.0. The third-order valence-electron chi connectivity index (χ3n) is 2.47. The molecule has 21 heavy (non-hydrogen) atoms. The smallest absolute Gasteiger partial charge is 0.406 e. The van der Waals surface area contributed by atoms with E-state index in [1.807, 2.05) is 6.07 Å². The minimum atomic E-state index is -4.71. The van der Waals surface area contributed by atoms with Crippen molar-refractivity contribution in [3.63, 3.8) is 0 Å². The van der Waals surface area contributed by atoms with Crippen LogP contribution in [0.5, 0.6) is 5.75 Å². The lowest BCUT2D eigenvalue weighted by Crippen LogP contribution is -2.16. The van der Waals surface area contributed by atoms with Gasteiger partial charge in [0.2, 0.25) is 0 Å². The van der Waals surface area contributed by atoms with Gasteiger partial charge in [0.25, 0.3) is 0 Å². The molecule has 0 spiro atoms. The summed E-state index contributed by atoms with van der Waals surface area (Å²) in [6, 6.07) is 12.4. The molecule has 0 saturated heterocycles. The van der Waals surface area contributed by atoms with Crippen molar-refractivity contribution >= 4 is 27.3 Å². The fraction of sp³-hybridized carbons (Fsp3) is 0.0714. The maximum Gasteiger partial charge on any atom is 0.573 e. The number of alkyl halides is 3. The number of ether oxygens (including phenoxy) is 1. The Balaban J connectivity index is 2.16. The summed E-state index contributed by atoms with van der Waals surface area (Å²) in [6.45, 7) is 0. The molecular formula is C14H8BrF3N2O. The van der Waals surface area contributed by atoms with Crippen LogP contribution in [-0.4, -0.2) is 6.36 Å². The van der Waals surface area contributed by atoms with Gasteiger partial charge < -0.3 is 10.1 Å². The van der Waals surface area contributed by atoms with Gasteiger partial charge in [-0.25, -0.2) is 0 Å². The minimum Gasteiger partial charge on any atom is -0.406 e. The van der Waals surface area contributed by atoms with Crippen molar-refractivity contribution in [3.05, 3.63) is 52.5 Å². The van der Waals surface area contributed by atoms with Gasteiger partial charge in [-0.1, -0.05) is 15.9 Å². The van der Waals surface area contributed by atoms with Gasteiger partial charge in [0, 0.05) is 10.2 Å². The summed E-state index contributed by atoms with van der Waals surface area (Å²) in [7, 11) is 0. The van der Waals surface area contributed by atoms with Crippen LogP contribution in [0, 0.1) is 11.3 Å². The molecule has 0 radical (unpaired) electrons. The second kappa shape index (κ2) is 6.06. The number of halogens is 4. The zero-order valence-electron chi connectivity index (χ0n) is 10.4. The van der Waals surface area contributed by atoms with Gasteiger partial charge in [-0.3, -0.25) is 0 Å². The van der Waals surface area contributed by atoms with Crippen molar-refractivity contribution in [2.45, 2.75) is 6.36 Å². The van der Waals surface area contributed by atoms with Crippen LogP contribution in [0.3, 0.4) is 0 Å². The highest BCUT2D eigenvalue weighted by atomic mass is 79.9. The molecule has 0 aliphatic heterocycles. The van der Waals surface area contributed by atoms with Gasteiger partial charge in [-0.15, -0.1) is 13.2 Å². The molecule has 0 aromatic heterocycles. The minimum absolute atomic E-state index is 0.302. The Kier molecular flexibility index (Phi) is 4.38. The van der Waals surface area contributed by atoms with Crippen LogP contribution >= 0.6 is 15.9 Å². The van der Waals surface area contributed by atoms with Crippen molar-refractivity contribution in [2.24, 2.45) is 0 Å². The summed E-state index contributed by atoms with van der Waals surface area (Å²) in [4.78, 5) is 0. The topological polar surface area (TPSA) is 45.0 Å². The van der Waals surface area contributed by atoms with Gasteiger partial charge in [0.1, 0.15) is 11.8 Å². The van der Waals surface area contributed by atoms with E-state index in [1.54, 1.807) is 18.2 Å². The number of nitrogens with one attached hydrogen (secondary N) is 1. The number of nitriles is 1. The summed E-state index contributed by atoms with van der Waals surface area (Å²) >= 11 is 3.26. The first kappa shape index (κ1) is 15.2. The molecule has 0 aliphatic carbocycles. The Bertz CT molecular complexity index is 678. The molecule has 0 bridgehead atoms. The van der Waals surface area contributed by atoms with E-state index in [4.69, 9.17) is 5.26 Å². The second-order valence-corrected chi connectivity index (χ2v) is 4.91.